The predicted molar refractivity (Wildman–Crippen MR) is 93.7 cm³/mol. The molecular weight excluding hydrogens is 307 g/mol. The summed E-state index contributed by atoms with van der Waals surface area (Å²) in [5.74, 6) is -0.215. The molecule has 0 spiro atoms. The average molecular weight is 326 g/mol. The van der Waals surface area contributed by atoms with Crippen LogP contribution in [0.3, 0.4) is 0 Å². The summed E-state index contributed by atoms with van der Waals surface area (Å²) in [7, 11) is 0. The second-order valence-electron chi connectivity index (χ2n) is 5.72. The van der Waals surface area contributed by atoms with Crippen LogP contribution in [0.5, 0.6) is 0 Å². The molecule has 3 rings (SSSR count). The average Bonchev–Trinajstić information content (AvgIpc) is 2.81. The lowest BCUT2D eigenvalue weighted by Gasteiger charge is -2.18. The van der Waals surface area contributed by atoms with Crippen LogP contribution in [0.25, 0.3) is 4.85 Å². The highest BCUT2D eigenvalue weighted by molar-refractivity contribution is 7.99. The van der Waals surface area contributed by atoms with Gasteiger partial charge in [0, 0.05) is 10.1 Å². The topological polar surface area (TPSA) is 16.4 Å². The molecule has 2 aromatic carbocycles. The van der Waals surface area contributed by atoms with E-state index in [0.717, 1.165) is 42.1 Å². The highest BCUT2D eigenvalue weighted by Crippen LogP contribution is 2.43. The highest BCUT2D eigenvalue weighted by Gasteiger charge is 2.18. The zero-order valence-electron chi connectivity index (χ0n) is 13.1. The van der Waals surface area contributed by atoms with Crippen molar-refractivity contribution < 1.29 is 4.39 Å². The summed E-state index contributed by atoms with van der Waals surface area (Å²) < 4.78 is 13.1. The van der Waals surface area contributed by atoms with Gasteiger partial charge >= 0.3 is 0 Å². The van der Waals surface area contributed by atoms with E-state index >= 15 is 0 Å². The smallest absolute Gasteiger partial charge is 0.200 e. The number of hydrogen-bond acceptors (Lipinski definition) is 2. The normalized spacial score (nSPS) is 15.3. The van der Waals surface area contributed by atoms with Crippen molar-refractivity contribution in [3.05, 3.63) is 70.3 Å². The number of hydrogen-bond donors (Lipinski definition) is 1. The zero-order valence-corrected chi connectivity index (χ0v) is 13.9. The van der Waals surface area contributed by atoms with Crippen molar-refractivity contribution in [2.24, 2.45) is 0 Å². The molecule has 118 valence electrons. The Morgan fingerprint density at radius 1 is 1.13 bits per heavy atom. The molecule has 1 N–H and O–H groups in total. The molecule has 2 aromatic rings. The third-order valence-electron chi connectivity index (χ3n) is 4.21. The second-order valence-corrected chi connectivity index (χ2v) is 7.08. The van der Waals surface area contributed by atoms with Crippen LogP contribution in [0.15, 0.2) is 41.3 Å². The highest BCUT2D eigenvalue weighted by atomic mass is 32.2. The molecule has 0 saturated heterocycles. The standard InChI is InChI=1S/C19H19FN2S/c1-13(14-3-6-16(20)7-4-14)23-19-17-10-12-22-11-9-15(17)5-8-18(19)21-2/h3-8,13,22H,9-12H2,1H3. The Balaban J connectivity index is 1.95. The molecule has 1 aliphatic rings. The maximum absolute atomic E-state index is 13.1. The molecule has 0 radical (unpaired) electrons. The van der Waals surface area contributed by atoms with E-state index < -0.39 is 0 Å². The van der Waals surface area contributed by atoms with Gasteiger partial charge in [-0.3, -0.25) is 0 Å². The van der Waals surface area contributed by atoms with Crippen molar-refractivity contribution in [1.29, 1.82) is 0 Å². The van der Waals surface area contributed by atoms with Gasteiger partial charge in [0.15, 0.2) is 0 Å². The summed E-state index contributed by atoms with van der Waals surface area (Å²) in [5.41, 5.74) is 4.46. The molecule has 1 heterocycles. The first-order valence-corrected chi connectivity index (χ1v) is 8.72. The lowest BCUT2D eigenvalue weighted by Crippen LogP contribution is -2.16. The van der Waals surface area contributed by atoms with Crippen LogP contribution in [0.2, 0.25) is 0 Å². The van der Waals surface area contributed by atoms with E-state index in [4.69, 9.17) is 6.57 Å². The van der Waals surface area contributed by atoms with Gasteiger partial charge in [0.1, 0.15) is 5.82 Å². The van der Waals surface area contributed by atoms with Crippen LogP contribution in [0, 0.1) is 12.4 Å². The van der Waals surface area contributed by atoms with Gasteiger partial charge in [0.05, 0.1) is 6.57 Å². The first-order chi connectivity index (χ1) is 11.2. The van der Waals surface area contributed by atoms with Crippen molar-refractivity contribution in [1.82, 2.24) is 5.32 Å². The summed E-state index contributed by atoms with van der Waals surface area (Å²) in [6, 6.07) is 10.7. The number of thioether (sulfide) groups is 1. The molecule has 4 heteroatoms. The van der Waals surface area contributed by atoms with Crippen LogP contribution >= 0.6 is 11.8 Å². The van der Waals surface area contributed by atoms with Gasteiger partial charge in [-0.2, -0.15) is 0 Å². The molecule has 0 bridgehead atoms. The van der Waals surface area contributed by atoms with Crippen LogP contribution < -0.4 is 5.32 Å². The molecular formula is C19H19FN2S. The quantitative estimate of drug-likeness (QED) is 0.637. The summed E-state index contributed by atoms with van der Waals surface area (Å²) in [6.07, 6.45) is 1.96. The fraction of sp³-hybridized carbons (Fsp3) is 0.316. The van der Waals surface area contributed by atoms with E-state index in [-0.39, 0.29) is 11.1 Å². The number of benzene rings is 2. The minimum Gasteiger partial charge on any atom is -0.316 e. The molecule has 0 saturated carbocycles. The fourth-order valence-corrected chi connectivity index (χ4v) is 4.18. The van der Waals surface area contributed by atoms with Gasteiger partial charge in [-0.25, -0.2) is 9.24 Å². The van der Waals surface area contributed by atoms with Crippen LogP contribution in [0.4, 0.5) is 10.1 Å². The molecule has 0 aliphatic carbocycles. The molecule has 1 unspecified atom stereocenters. The van der Waals surface area contributed by atoms with Crippen molar-refractivity contribution in [3.63, 3.8) is 0 Å². The summed E-state index contributed by atoms with van der Waals surface area (Å²) in [4.78, 5) is 4.81. The minimum absolute atomic E-state index is 0.179. The molecule has 23 heavy (non-hydrogen) atoms. The number of nitrogens with zero attached hydrogens (tertiary/aromatic N) is 1. The van der Waals surface area contributed by atoms with Crippen LogP contribution in [-0.2, 0) is 12.8 Å². The first-order valence-electron chi connectivity index (χ1n) is 7.84. The summed E-state index contributed by atoms with van der Waals surface area (Å²) >= 11 is 1.71. The Hall–Kier alpha value is -1.83. The molecule has 0 aromatic heterocycles. The summed E-state index contributed by atoms with van der Waals surface area (Å²) in [5, 5.41) is 3.60. The lowest BCUT2D eigenvalue weighted by molar-refractivity contribution is 0.627. The number of fused-ring (bicyclic) bond motifs is 1. The van der Waals surface area contributed by atoms with Gasteiger partial charge < -0.3 is 5.32 Å². The fourth-order valence-electron chi connectivity index (χ4n) is 2.92. The van der Waals surface area contributed by atoms with E-state index in [1.54, 1.807) is 11.8 Å². The molecule has 0 fully saturated rings. The monoisotopic (exact) mass is 326 g/mol. The molecule has 1 aliphatic heterocycles. The maximum Gasteiger partial charge on any atom is 0.200 e. The Labute approximate surface area is 140 Å². The third kappa shape index (κ3) is 3.57. The van der Waals surface area contributed by atoms with Crippen LogP contribution in [-0.4, -0.2) is 13.1 Å². The first kappa shape index (κ1) is 16.0. The van der Waals surface area contributed by atoms with E-state index in [9.17, 15) is 4.39 Å². The molecule has 0 amide bonds. The van der Waals surface area contributed by atoms with E-state index in [2.05, 4.69) is 23.2 Å². The van der Waals surface area contributed by atoms with Crippen LogP contribution in [0.1, 0.15) is 28.9 Å². The van der Waals surface area contributed by atoms with Crippen molar-refractivity contribution in [2.75, 3.05) is 13.1 Å². The maximum atomic E-state index is 13.1. The van der Waals surface area contributed by atoms with E-state index in [1.165, 1.54) is 23.3 Å². The molecule has 2 nitrogen and oxygen atoms in total. The Morgan fingerprint density at radius 2 is 1.87 bits per heavy atom. The van der Waals surface area contributed by atoms with Gasteiger partial charge in [-0.1, -0.05) is 24.3 Å². The number of halogens is 1. The van der Waals surface area contributed by atoms with Gasteiger partial charge in [-0.15, -0.1) is 11.8 Å². The minimum atomic E-state index is -0.215. The van der Waals surface area contributed by atoms with Crippen molar-refractivity contribution in [2.45, 2.75) is 29.9 Å². The predicted octanol–water partition coefficient (Wildman–Crippen LogP) is 4.92. The third-order valence-corrected chi connectivity index (χ3v) is 5.53. The van der Waals surface area contributed by atoms with Gasteiger partial charge in [-0.05, 0) is 61.7 Å². The molecule has 1 atom stereocenters. The largest absolute Gasteiger partial charge is 0.316 e. The van der Waals surface area contributed by atoms with Crippen molar-refractivity contribution in [3.8, 4) is 0 Å². The number of nitrogens with one attached hydrogen (secondary N) is 1. The zero-order chi connectivity index (χ0) is 16.2. The van der Waals surface area contributed by atoms with Gasteiger partial charge in [0.2, 0.25) is 5.69 Å². The van der Waals surface area contributed by atoms with Gasteiger partial charge in [0.25, 0.3) is 0 Å². The Bertz CT molecular complexity index is 734. The second kappa shape index (κ2) is 7.16. The summed E-state index contributed by atoms with van der Waals surface area (Å²) in [6.45, 7) is 11.5. The number of rotatable bonds is 3. The van der Waals surface area contributed by atoms with E-state index in [0.29, 0.717) is 0 Å². The Morgan fingerprint density at radius 3 is 2.61 bits per heavy atom. The van der Waals surface area contributed by atoms with E-state index in [1.807, 2.05) is 18.2 Å². The Kier molecular flexibility index (Phi) is 5.00. The van der Waals surface area contributed by atoms with Crippen molar-refractivity contribution >= 4 is 17.4 Å². The lowest BCUT2D eigenvalue weighted by atomic mass is 10.0. The SMILES string of the molecule is [C-]#[N+]c1ccc2c(c1SC(C)c1ccc(F)cc1)CCNCC2.